The average molecular weight is 297 g/mol. The molecule has 2 rings (SSSR count). The highest BCUT2D eigenvalue weighted by Gasteiger charge is 2.17. The number of hydrogen-bond donors (Lipinski definition) is 1. The van der Waals surface area contributed by atoms with Crippen molar-refractivity contribution in [1.29, 1.82) is 0 Å². The lowest BCUT2D eigenvalue weighted by atomic mass is 10.2. The normalized spacial score (nSPS) is 12.6. The van der Waals surface area contributed by atoms with Gasteiger partial charge in [-0.3, -0.25) is 0 Å². The molecule has 21 heavy (non-hydrogen) atoms. The maximum Gasteiger partial charge on any atom is 0.387 e. The first-order valence-electron chi connectivity index (χ1n) is 6.76. The van der Waals surface area contributed by atoms with E-state index in [1.165, 1.54) is 12.1 Å². The van der Waals surface area contributed by atoms with Crippen LogP contribution in [0.5, 0.6) is 5.75 Å². The molecule has 0 aliphatic carbocycles. The smallest absolute Gasteiger partial charge is 0.387 e. The summed E-state index contributed by atoms with van der Waals surface area (Å²) in [7, 11) is 0. The van der Waals surface area contributed by atoms with Crippen molar-refractivity contribution in [3.05, 3.63) is 30.2 Å². The van der Waals surface area contributed by atoms with Crippen LogP contribution in [0.25, 0.3) is 11.5 Å². The second kappa shape index (κ2) is 7.12. The van der Waals surface area contributed by atoms with Gasteiger partial charge in [-0.25, -0.2) is 0 Å². The van der Waals surface area contributed by atoms with Gasteiger partial charge in [0.2, 0.25) is 11.8 Å². The maximum absolute atomic E-state index is 12.2. The Hall–Kier alpha value is -2.02. The molecule has 1 heterocycles. The van der Waals surface area contributed by atoms with Crippen molar-refractivity contribution in [3.8, 4) is 17.2 Å². The van der Waals surface area contributed by atoms with E-state index >= 15 is 0 Å². The molecule has 0 radical (unpaired) electrons. The molecule has 1 aromatic carbocycles. The van der Waals surface area contributed by atoms with Gasteiger partial charge in [0, 0.05) is 5.56 Å². The zero-order valence-corrected chi connectivity index (χ0v) is 11.8. The maximum atomic E-state index is 12.2. The molecule has 114 valence electrons. The van der Waals surface area contributed by atoms with Crippen LogP contribution in [0.15, 0.2) is 28.7 Å². The van der Waals surface area contributed by atoms with Crippen molar-refractivity contribution < 1.29 is 17.9 Å². The molecule has 0 amide bonds. The Balaban J connectivity index is 2.20. The fourth-order valence-corrected chi connectivity index (χ4v) is 1.95. The summed E-state index contributed by atoms with van der Waals surface area (Å²) in [5.74, 6) is 0.816. The first kappa shape index (κ1) is 15.4. The van der Waals surface area contributed by atoms with Gasteiger partial charge in [0.25, 0.3) is 0 Å². The number of alkyl halides is 2. The molecular weight excluding hydrogens is 280 g/mol. The van der Waals surface area contributed by atoms with Crippen LogP contribution in [-0.2, 0) is 0 Å². The summed E-state index contributed by atoms with van der Waals surface area (Å²) in [5, 5.41) is 11.2. The van der Waals surface area contributed by atoms with Gasteiger partial charge in [0.15, 0.2) is 0 Å². The average Bonchev–Trinajstić information content (AvgIpc) is 2.94. The fraction of sp³-hybridized carbons (Fsp3) is 0.429. The zero-order chi connectivity index (χ0) is 15.2. The first-order valence-corrected chi connectivity index (χ1v) is 6.76. The van der Waals surface area contributed by atoms with E-state index in [4.69, 9.17) is 4.42 Å². The molecule has 1 N–H and O–H groups in total. The van der Waals surface area contributed by atoms with Crippen LogP contribution >= 0.6 is 0 Å². The van der Waals surface area contributed by atoms with E-state index in [1.54, 1.807) is 12.1 Å². The van der Waals surface area contributed by atoms with Crippen LogP contribution in [-0.4, -0.2) is 23.4 Å². The SMILES string of the molecule is CCNC(CC)c1nnc(-c2cccc(OC(F)F)c2)o1. The molecular formula is C14H17F2N3O2. The summed E-state index contributed by atoms with van der Waals surface area (Å²) in [6.07, 6.45) is 0.810. The molecule has 1 unspecified atom stereocenters. The summed E-state index contributed by atoms with van der Waals surface area (Å²) in [6.45, 7) is 1.92. The summed E-state index contributed by atoms with van der Waals surface area (Å²) >= 11 is 0. The van der Waals surface area contributed by atoms with Crippen molar-refractivity contribution in [3.63, 3.8) is 0 Å². The quantitative estimate of drug-likeness (QED) is 0.848. The minimum atomic E-state index is -2.86. The van der Waals surface area contributed by atoms with E-state index < -0.39 is 6.61 Å². The van der Waals surface area contributed by atoms with Crippen LogP contribution < -0.4 is 10.1 Å². The summed E-state index contributed by atoms with van der Waals surface area (Å²) in [6, 6.07) is 6.16. The Kier molecular flexibility index (Phi) is 5.21. The van der Waals surface area contributed by atoms with Crippen molar-refractivity contribution in [2.75, 3.05) is 6.54 Å². The van der Waals surface area contributed by atoms with Crippen LogP contribution in [0.2, 0.25) is 0 Å². The second-order valence-corrected chi connectivity index (χ2v) is 4.37. The van der Waals surface area contributed by atoms with Crippen LogP contribution in [0.4, 0.5) is 8.78 Å². The topological polar surface area (TPSA) is 60.2 Å². The Bertz CT molecular complexity index is 575. The molecule has 0 fully saturated rings. The minimum absolute atomic E-state index is 0.0169. The van der Waals surface area contributed by atoms with Crippen LogP contribution in [0, 0.1) is 0 Å². The lowest BCUT2D eigenvalue weighted by Crippen LogP contribution is -2.20. The molecule has 1 atom stereocenters. The number of rotatable bonds is 7. The van der Waals surface area contributed by atoms with E-state index in [0.717, 1.165) is 13.0 Å². The van der Waals surface area contributed by atoms with Gasteiger partial charge in [0.1, 0.15) is 5.75 Å². The Labute approximate surface area is 121 Å². The Morgan fingerprint density at radius 3 is 2.76 bits per heavy atom. The van der Waals surface area contributed by atoms with Gasteiger partial charge in [-0.1, -0.05) is 19.9 Å². The Morgan fingerprint density at radius 1 is 1.29 bits per heavy atom. The largest absolute Gasteiger partial charge is 0.435 e. The Morgan fingerprint density at radius 2 is 2.10 bits per heavy atom. The predicted molar refractivity (Wildman–Crippen MR) is 73.1 cm³/mol. The van der Waals surface area contributed by atoms with Gasteiger partial charge in [-0.05, 0) is 31.2 Å². The zero-order valence-electron chi connectivity index (χ0n) is 11.8. The van der Waals surface area contributed by atoms with Crippen molar-refractivity contribution >= 4 is 0 Å². The molecule has 7 heteroatoms. The lowest BCUT2D eigenvalue weighted by Gasteiger charge is -2.10. The van der Waals surface area contributed by atoms with Crippen molar-refractivity contribution in [2.45, 2.75) is 32.9 Å². The molecule has 0 saturated heterocycles. The number of halogens is 2. The van der Waals surface area contributed by atoms with E-state index in [0.29, 0.717) is 11.5 Å². The van der Waals surface area contributed by atoms with E-state index in [-0.39, 0.29) is 17.7 Å². The highest BCUT2D eigenvalue weighted by atomic mass is 19.3. The number of aromatic nitrogens is 2. The second-order valence-electron chi connectivity index (χ2n) is 4.37. The summed E-state index contributed by atoms with van der Waals surface area (Å²) in [4.78, 5) is 0. The predicted octanol–water partition coefficient (Wildman–Crippen LogP) is 3.40. The van der Waals surface area contributed by atoms with Gasteiger partial charge in [-0.15, -0.1) is 10.2 Å². The van der Waals surface area contributed by atoms with Crippen molar-refractivity contribution in [2.24, 2.45) is 0 Å². The molecule has 0 aliphatic rings. The minimum Gasteiger partial charge on any atom is -0.435 e. The molecule has 2 aromatic rings. The number of ether oxygens (including phenoxy) is 1. The van der Waals surface area contributed by atoms with Crippen LogP contribution in [0.3, 0.4) is 0 Å². The number of nitrogens with zero attached hydrogens (tertiary/aromatic N) is 2. The fourth-order valence-electron chi connectivity index (χ4n) is 1.95. The van der Waals surface area contributed by atoms with Gasteiger partial charge in [-0.2, -0.15) is 8.78 Å². The van der Waals surface area contributed by atoms with E-state index in [2.05, 4.69) is 20.3 Å². The molecule has 0 bridgehead atoms. The molecule has 0 aliphatic heterocycles. The van der Waals surface area contributed by atoms with Gasteiger partial charge >= 0.3 is 6.61 Å². The third-order valence-electron chi connectivity index (χ3n) is 2.90. The third kappa shape index (κ3) is 3.98. The van der Waals surface area contributed by atoms with E-state index in [9.17, 15) is 8.78 Å². The number of benzene rings is 1. The number of nitrogens with one attached hydrogen (secondary N) is 1. The summed E-state index contributed by atoms with van der Waals surface area (Å²) in [5.41, 5.74) is 0.540. The van der Waals surface area contributed by atoms with Gasteiger partial charge < -0.3 is 14.5 Å². The first-order chi connectivity index (χ1) is 10.1. The standard InChI is InChI=1S/C14H17F2N3O2/c1-3-11(17-4-2)13-19-18-12(21-13)9-6-5-7-10(8-9)20-14(15)16/h5-8,11,14,17H,3-4H2,1-2H3. The van der Waals surface area contributed by atoms with E-state index in [1.807, 2.05) is 13.8 Å². The monoisotopic (exact) mass is 297 g/mol. The van der Waals surface area contributed by atoms with Crippen molar-refractivity contribution in [1.82, 2.24) is 15.5 Å². The molecule has 5 nitrogen and oxygen atoms in total. The highest BCUT2D eigenvalue weighted by molar-refractivity contribution is 5.55. The summed E-state index contributed by atoms with van der Waals surface area (Å²) < 4.78 is 34.4. The molecule has 0 saturated carbocycles. The highest BCUT2D eigenvalue weighted by Crippen LogP contribution is 2.25. The lowest BCUT2D eigenvalue weighted by molar-refractivity contribution is -0.0498. The number of hydrogen-bond acceptors (Lipinski definition) is 5. The third-order valence-corrected chi connectivity index (χ3v) is 2.90. The van der Waals surface area contributed by atoms with Crippen LogP contribution in [0.1, 0.15) is 32.2 Å². The molecule has 0 spiro atoms. The molecule has 1 aromatic heterocycles. The van der Waals surface area contributed by atoms with Gasteiger partial charge in [0.05, 0.1) is 6.04 Å².